The maximum absolute atomic E-state index is 11.0. The number of carbonyl (C=O) groups excluding carboxylic acids is 1. The topological polar surface area (TPSA) is 89.5 Å². The molecule has 0 saturated carbocycles. The van der Waals surface area contributed by atoms with E-state index in [1.54, 1.807) is 14.0 Å². The number of rotatable bonds is 1. The lowest BCUT2D eigenvalue weighted by Crippen LogP contribution is -2.20. The maximum Gasteiger partial charge on any atom is 0.346 e. The Bertz CT molecular complexity index is 473. The van der Waals surface area contributed by atoms with Crippen LogP contribution < -0.4 is 10.1 Å². The highest BCUT2D eigenvalue weighted by Crippen LogP contribution is 2.19. The lowest BCUT2D eigenvalue weighted by Gasteiger charge is -1.93. The molecule has 8 heteroatoms. The molecule has 0 fully saturated rings. The van der Waals surface area contributed by atoms with Gasteiger partial charge in [0.05, 0.1) is 4.92 Å². The summed E-state index contributed by atoms with van der Waals surface area (Å²) in [5.74, 6) is 0. The van der Waals surface area contributed by atoms with Crippen molar-refractivity contribution in [3.8, 4) is 0 Å². The van der Waals surface area contributed by atoms with Gasteiger partial charge in [-0.05, 0) is 18.3 Å². The van der Waals surface area contributed by atoms with Gasteiger partial charge < -0.3 is 9.88 Å². The SMILES string of the molecule is CNC(=O)/N=c1\sc([N+](=O)[O-])c(C)n1C. The van der Waals surface area contributed by atoms with E-state index in [-0.39, 0.29) is 5.00 Å². The number of aromatic nitrogens is 1. The smallest absolute Gasteiger partial charge is 0.339 e. The van der Waals surface area contributed by atoms with Crippen molar-refractivity contribution in [2.75, 3.05) is 7.05 Å². The number of hydrogen-bond donors (Lipinski definition) is 1. The average Bonchev–Trinajstić information content (AvgIpc) is 2.46. The third-order valence-electron chi connectivity index (χ3n) is 1.86. The summed E-state index contributed by atoms with van der Waals surface area (Å²) in [4.78, 5) is 25.1. The Hall–Kier alpha value is -1.70. The third kappa shape index (κ3) is 2.21. The van der Waals surface area contributed by atoms with Crippen molar-refractivity contribution < 1.29 is 9.72 Å². The van der Waals surface area contributed by atoms with E-state index in [4.69, 9.17) is 0 Å². The minimum absolute atomic E-state index is 0.000142. The fourth-order valence-corrected chi connectivity index (χ4v) is 1.86. The number of nitro groups is 1. The van der Waals surface area contributed by atoms with Gasteiger partial charge >= 0.3 is 11.0 Å². The molecule has 2 amide bonds. The Morgan fingerprint density at radius 2 is 2.27 bits per heavy atom. The lowest BCUT2D eigenvalue weighted by molar-refractivity contribution is -0.381. The van der Waals surface area contributed by atoms with E-state index in [1.807, 2.05) is 0 Å². The van der Waals surface area contributed by atoms with Gasteiger partial charge in [0.1, 0.15) is 5.69 Å². The fourth-order valence-electron chi connectivity index (χ4n) is 0.926. The predicted octanol–water partition coefficient (Wildman–Crippen LogP) is 0.543. The molecular weight excluding hydrogens is 220 g/mol. The molecule has 1 N–H and O–H groups in total. The van der Waals surface area contributed by atoms with Gasteiger partial charge in [0.2, 0.25) is 4.80 Å². The fraction of sp³-hybridized carbons (Fsp3) is 0.429. The zero-order valence-corrected chi connectivity index (χ0v) is 9.29. The molecule has 0 aliphatic heterocycles. The quantitative estimate of drug-likeness (QED) is 0.564. The zero-order valence-electron chi connectivity index (χ0n) is 8.47. The van der Waals surface area contributed by atoms with Crippen molar-refractivity contribution in [1.82, 2.24) is 9.88 Å². The van der Waals surface area contributed by atoms with E-state index < -0.39 is 11.0 Å². The van der Waals surface area contributed by atoms with E-state index in [2.05, 4.69) is 10.3 Å². The van der Waals surface area contributed by atoms with Gasteiger partial charge in [0, 0.05) is 14.1 Å². The highest BCUT2D eigenvalue weighted by atomic mass is 32.1. The van der Waals surface area contributed by atoms with Crippen LogP contribution in [0.5, 0.6) is 0 Å². The van der Waals surface area contributed by atoms with Gasteiger partial charge in [-0.2, -0.15) is 4.99 Å². The van der Waals surface area contributed by atoms with Gasteiger partial charge in [-0.3, -0.25) is 10.1 Å². The van der Waals surface area contributed by atoms with Crippen LogP contribution in [0.2, 0.25) is 0 Å². The first-order valence-electron chi connectivity index (χ1n) is 4.04. The number of nitrogens with zero attached hydrogens (tertiary/aromatic N) is 3. The lowest BCUT2D eigenvalue weighted by atomic mass is 10.5. The van der Waals surface area contributed by atoms with Crippen LogP contribution in [0.25, 0.3) is 0 Å². The van der Waals surface area contributed by atoms with Gasteiger partial charge in [-0.15, -0.1) is 0 Å². The molecule has 0 bridgehead atoms. The number of amides is 2. The summed E-state index contributed by atoms with van der Waals surface area (Å²) in [6, 6.07) is -0.526. The standard InChI is InChI=1S/C7H10N4O3S/c1-4-5(11(13)14)15-7(10(4)3)9-6(12)8-2/h1-3H3,(H,8,12)/b9-7-. The van der Waals surface area contributed by atoms with Crippen molar-refractivity contribution in [3.05, 3.63) is 20.6 Å². The second-order valence-corrected chi connectivity index (χ2v) is 3.71. The Morgan fingerprint density at radius 3 is 2.67 bits per heavy atom. The molecule has 1 aromatic heterocycles. The number of thiazole rings is 1. The van der Waals surface area contributed by atoms with Crippen LogP contribution in [0.3, 0.4) is 0 Å². The Kier molecular flexibility index (Phi) is 3.20. The van der Waals surface area contributed by atoms with Crippen molar-refractivity contribution in [1.29, 1.82) is 0 Å². The Labute approximate surface area is 89.2 Å². The van der Waals surface area contributed by atoms with E-state index in [9.17, 15) is 14.9 Å². The van der Waals surface area contributed by atoms with E-state index >= 15 is 0 Å². The molecule has 1 aromatic rings. The largest absolute Gasteiger partial charge is 0.346 e. The minimum atomic E-state index is -0.526. The third-order valence-corrected chi connectivity index (χ3v) is 3.05. The molecule has 15 heavy (non-hydrogen) atoms. The highest BCUT2D eigenvalue weighted by molar-refractivity contribution is 7.12. The zero-order chi connectivity index (χ0) is 11.6. The van der Waals surface area contributed by atoms with Crippen LogP contribution in [0, 0.1) is 17.0 Å². The molecule has 0 aromatic carbocycles. The van der Waals surface area contributed by atoms with Gasteiger partial charge in [0.15, 0.2) is 0 Å². The molecule has 0 radical (unpaired) electrons. The summed E-state index contributed by atoms with van der Waals surface area (Å²) >= 11 is 0.874. The van der Waals surface area contributed by atoms with Crippen LogP contribution in [0.4, 0.5) is 9.80 Å². The molecule has 0 aliphatic rings. The van der Waals surface area contributed by atoms with Crippen molar-refractivity contribution >= 4 is 22.4 Å². The second kappa shape index (κ2) is 4.22. The first kappa shape index (κ1) is 11.4. The van der Waals surface area contributed by atoms with Gasteiger partial charge in [-0.25, -0.2) is 4.79 Å². The molecule has 7 nitrogen and oxygen atoms in total. The summed E-state index contributed by atoms with van der Waals surface area (Å²) in [5, 5.41) is 12.9. The molecule has 0 unspecified atom stereocenters. The van der Waals surface area contributed by atoms with Crippen molar-refractivity contribution in [2.24, 2.45) is 12.0 Å². The summed E-state index contributed by atoms with van der Waals surface area (Å²) in [6.07, 6.45) is 0. The first-order valence-corrected chi connectivity index (χ1v) is 4.86. The van der Waals surface area contributed by atoms with Crippen LogP contribution in [0.1, 0.15) is 5.69 Å². The molecule has 0 aliphatic carbocycles. The Morgan fingerprint density at radius 1 is 1.67 bits per heavy atom. The van der Waals surface area contributed by atoms with Gasteiger partial charge in [0.25, 0.3) is 0 Å². The van der Waals surface area contributed by atoms with Gasteiger partial charge in [-0.1, -0.05) is 0 Å². The molecular formula is C7H10N4O3S. The van der Waals surface area contributed by atoms with Crippen LogP contribution in [0.15, 0.2) is 4.99 Å². The summed E-state index contributed by atoms with van der Waals surface area (Å²) in [5.41, 5.74) is 0.479. The highest BCUT2D eigenvalue weighted by Gasteiger charge is 2.17. The number of carbonyl (C=O) groups is 1. The number of urea groups is 1. The molecule has 0 spiro atoms. The average molecular weight is 230 g/mol. The molecule has 82 valence electrons. The number of nitrogens with one attached hydrogen (secondary N) is 1. The van der Waals surface area contributed by atoms with Crippen LogP contribution in [-0.2, 0) is 7.05 Å². The molecule has 0 atom stereocenters. The van der Waals surface area contributed by atoms with E-state index in [0.29, 0.717) is 10.5 Å². The maximum atomic E-state index is 11.0. The summed E-state index contributed by atoms with van der Waals surface area (Å²) < 4.78 is 1.51. The predicted molar refractivity (Wildman–Crippen MR) is 54.7 cm³/mol. The summed E-state index contributed by atoms with van der Waals surface area (Å²) in [7, 11) is 3.07. The normalized spacial score (nSPS) is 11.5. The second-order valence-electron chi connectivity index (χ2n) is 2.76. The monoisotopic (exact) mass is 230 g/mol. The van der Waals surface area contributed by atoms with Crippen molar-refractivity contribution in [2.45, 2.75) is 6.92 Å². The molecule has 1 rings (SSSR count). The van der Waals surface area contributed by atoms with E-state index in [0.717, 1.165) is 11.3 Å². The minimum Gasteiger partial charge on any atom is -0.339 e. The van der Waals surface area contributed by atoms with Crippen LogP contribution >= 0.6 is 11.3 Å². The van der Waals surface area contributed by atoms with Crippen LogP contribution in [-0.4, -0.2) is 22.6 Å². The first-order chi connectivity index (χ1) is 6.97. The van der Waals surface area contributed by atoms with E-state index in [1.165, 1.54) is 11.6 Å². The molecule has 0 saturated heterocycles. The Balaban J connectivity index is 3.34. The molecule has 1 heterocycles. The summed E-state index contributed by atoms with van der Waals surface area (Å²) in [6.45, 7) is 1.61. The van der Waals surface area contributed by atoms with Crippen molar-refractivity contribution in [3.63, 3.8) is 0 Å². The number of hydrogen-bond acceptors (Lipinski definition) is 4.